The van der Waals surface area contributed by atoms with Crippen LogP contribution in [-0.2, 0) is 4.74 Å². The highest BCUT2D eigenvalue weighted by Crippen LogP contribution is 2.33. The molecule has 128 valence electrons. The molecule has 0 radical (unpaired) electrons. The van der Waals surface area contributed by atoms with Gasteiger partial charge in [-0.25, -0.2) is 9.78 Å². The number of ether oxygens (including phenoxy) is 1. The molecule has 0 aromatic carbocycles. The molecule has 3 rings (SSSR count). The predicted octanol–water partition coefficient (Wildman–Crippen LogP) is 3.05. The van der Waals surface area contributed by atoms with Gasteiger partial charge in [-0.1, -0.05) is 0 Å². The molecule has 1 unspecified atom stereocenters. The lowest BCUT2D eigenvalue weighted by Crippen LogP contribution is -2.35. The lowest BCUT2D eigenvalue weighted by atomic mass is 9.96. The van der Waals surface area contributed by atoms with Crippen molar-refractivity contribution in [2.24, 2.45) is 0 Å². The van der Waals surface area contributed by atoms with Gasteiger partial charge in [-0.15, -0.1) is 11.3 Å². The summed E-state index contributed by atoms with van der Waals surface area (Å²) in [5.74, 6) is 0.0946. The highest BCUT2D eigenvalue weighted by Gasteiger charge is 2.27. The van der Waals surface area contributed by atoms with E-state index in [0.717, 1.165) is 36.6 Å². The molecule has 1 saturated heterocycles. The van der Waals surface area contributed by atoms with Gasteiger partial charge in [0.05, 0.1) is 23.4 Å². The first-order valence-electron chi connectivity index (χ1n) is 8.31. The molecule has 7 heteroatoms. The van der Waals surface area contributed by atoms with Crippen molar-refractivity contribution >= 4 is 17.3 Å². The zero-order chi connectivity index (χ0) is 16.9. The first kappa shape index (κ1) is 17.0. The predicted molar refractivity (Wildman–Crippen MR) is 92.1 cm³/mol. The molecule has 1 aliphatic rings. The van der Waals surface area contributed by atoms with Gasteiger partial charge in [0.1, 0.15) is 0 Å². The molecule has 0 N–H and O–H groups in total. The molecule has 6 nitrogen and oxygen atoms in total. The Hall–Kier alpha value is -1.86. The molecule has 1 aliphatic heterocycles. The first-order valence-corrected chi connectivity index (χ1v) is 9.19. The van der Waals surface area contributed by atoms with Crippen LogP contribution in [0.25, 0.3) is 0 Å². The smallest absolute Gasteiger partial charge is 0.357 e. The average Bonchev–Trinajstić information content (AvgIpc) is 3.12. The summed E-state index contributed by atoms with van der Waals surface area (Å²) in [6.45, 7) is 6.35. The van der Waals surface area contributed by atoms with Crippen LogP contribution in [0, 0.1) is 0 Å². The van der Waals surface area contributed by atoms with Gasteiger partial charge in [0.25, 0.3) is 0 Å². The number of esters is 1. The monoisotopic (exact) mass is 346 g/mol. The summed E-state index contributed by atoms with van der Waals surface area (Å²) >= 11 is 1.56. The van der Waals surface area contributed by atoms with Gasteiger partial charge in [-0.05, 0) is 39.8 Å². The van der Waals surface area contributed by atoms with Crippen LogP contribution in [-0.4, -0.2) is 45.5 Å². The van der Waals surface area contributed by atoms with Gasteiger partial charge in [0.2, 0.25) is 0 Å². The van der Waals surface area contributed by atoms with Crippen LogP contribution in [0.15, 0.2) is 24.0 Å². The van der Waals surface area contributed by atoms with Crippen LogP contribution in [0.3, 0.4) is 0 Å². The molecule has 0 bridgehead atoms. The summed E-state index contributed by atoms with van der Waals surface area (Å²) in [5.41, 5.74) is 1.45. The molecule has 0 amide bonds. The topological polar surface area (TPSA) is 68.2 Å². The first-order chi connectivity index (χ1) is 11.7. The van der Waals surface area contributed by atoms with Crippen molar-refractivity contribution in [1.29, 1.82) is 0 Å². The SMILES string of the molecule is CCOC(=O)c1csc(C2CCN(C(C)c3cnccn3)CC2)n1. The van der Waals surface area contributed by atoms with E-state index in [2.05, 4.69) is 26.8 Å². The molecule has 0 aliphatic carbocycles. The van der Waals surface area contributed by atoms with Gasteiger partial charge in [0.15, 0.2) is 5.69 Å². The number of hydrogen-bond donors (Lipinski definition) is 0. The summed E-state index contributed by atoms with van der Waals surface area (Å²) in [7, 11) is 0. The van der Waals surface area contributed by atoms with Crippen LogP contribution in [0.5, 0.6) is 0 Å². The minimum absolute atomic E-state index is 0.269. The fourth-order valence-corrected chi connectivity index (χ4v) is 3.98. The summed E-state index contributed by atoms with van der Waals surface area (Å²) in [4.78, 5) is 27.2. The van der Waals surface area contributed by atoms with Crippen LogP contribution in [0.1, 0.15) is 59.8 Å². The van der Waals surface area contributed by atoms with Crippen molar-refractivity contribution in [3.05, 3.63) is 40.4 Å². The molecular weight excluding hydrogens is 324 g/mol. The fourth-order valence-electron chi connectivity index (χ4n) is 3.02. The van der Waals surface area contributed by atoms with E-state index in [9.17, 15) is 4.79 Å². The standard InChI is InChI=1S/C17H22N4O2S/c1-3-23-17(22)15-11-24-16(20-15)13-4-8-21(9-5-13)12(2)14-10-18-6-7-19-14/h6-7,10-13H,3-5,8-9H2,1-2H3. The summed E-state index contributed by atoms with van der Waals surface area (Å²) < 4.78 is 5.01. The minimum Gasteiger partial charge on any atom is -0.461 e. The number of hydrogen-bond acceptors (Lipinski definition) is 7. The Morgan fingerprint density at radius 2 is 2.21 bits per heavy atom. The number of thiazole rings is 1. The van der Waals surface area contributed by atoms with E-state index in [4.69, 9.17) is 4.74 Å². The Labute approximate surface area is 145 Å². The van der Waals surface area contributed by atoms with Crippen LogP contribution >= 0.6 is 11.3 Å². The number of nitrogens with zero attached hydrogens (tertiary/aromatic N) is 4. The second kappa shape index (κ2) is 7.81. The lowest BCUT2D eigenvalue weighted by Gasteiger charge is -2.35. The average molecular weight is 346 g/mol. The second-order valence-corrected chi connectivity index (χ2v) is 6.80. The number of piperidine rings is 1. The van der Waals surface area contributed by atoms with Gasteiger partial charge in [-0.3, -0.25) is 14.9 Å². The summed E-state index contributed by atoms with van der Waals surface area (Å²) in [6, 6.07) is 0.269. The Morgan fingerprint density at radius 1 is 1.42 bits per heavy atom. The highest BCUT2D eigenvalue weighted by molar-refractivity contribution is 7.09. The third-order valence-corrected chi connectivity index (χ3v) is 5.45. The molecule has 2 aromatic rings. The number of rotatable bonds is 5. The van der Waals surface area contributed by atoms with Crippen molar-refractivity contribution in [2.75, 3.05) is 19.7 Å². The van der Waals surface area contributed by atoms with E-state index in [1.165, 1.54) is 0 Å². The van der Waals surface area contributed by atoms with Crippen LogP contribution in [0.2, 0.25) is 0 Å². The van der Waals surface area contributed by atoms with Crippen LogP contribution < -0.4 is 0 Å². The van der Waals surface area contributed by atoms with E-state index in [-0.39, 0.29) is 12.0 Å². The molecule has 24 heavy (non-hydrogen) atoms. The lowest BCUT2D eigenvalue weighted by molar-refractivity contribution is 0.0520. The summed E-state index contributed by atoms with van der Waals surface area (Å²) in [5, 5.41) is 2.85. The Kier molecular flexibility index (Phi) is 5.52. The largest absolute Gasteiger partial charge is 0.461 e. The van der Waals surface area contributed by atoms with Crippen molar-refractivity contribution in [2.45, 2.75) is 38.6 Å². The number of carbonyl (C=O) groups excluding carboxylic acids is 1. The Bertz CT molecular complexity index is 668. The fraction of sp³-hybridized carbons (Fsp3) is 0.529. The minimum atomic E-state index is -0.325. The third-order valence-electron chi connectivity index (χ3n) is 4.44. The van der Waals surface area contributed by atoms with Crippen molar-refractivity contribution < 1.29 is 9.53 Å². The van der Waals surface area contributed by atoms with Gasteiger partial charge >= 0.3 is 5.97 Å². The zero-order valence-electron chi connectivity index (χ0n) is 14.0. The Morgan fingerprint density at radius 3 is 2.88 bits per heavy atom. The quantitative estimate of drug-likeness (QED) is 0.775. The number of aromatic nitrogens is 3. The molecule has 1 atom stereocenters. The van der Waals surface area contributed by atoms with Gasteiger partial charge in [-0.2, -0.15) is 0 Å². The molecule has 3 heterocycles. The zero-order valence-corrected chi connectivity index (χ0v) is 14.8. The van der Waals surface area contributed by atoms with Crippen molar-refractivity contribution in [3.63, 3.8) is 0 Å². The van der Waals surface area contributed by atoms with E-state index < -0.39 is 0 Å². The third kappa shape index (κ3) is 3.79. The molecule has 0 saturated carbocycles. The number of likely N-dealkylation sites (tertiary alicyclic amines) is 1. The molecule has 2 aromatic heterocycles. The molecule has 1 fully saturated rings. The maximum absolute atomic E-state index is 11.7. The van der Waals surface area contributed by atoms with Crippen molar-refractivity contribution in [1.82, 2.24) is 19.9 Å². The summed E-state index contributed by atoms with van der Waals surface area (Å²) in [6.07, 6.45) is 7.36. The molecule has 0 spiro atoms. The van der Waals surface area contributed by atoms with Gasteiger partial charge in [0, 0.05) is 29.9 Å². The van der Waals surface area contributed by atoms with Crippen molar-refractivity contribution in [3.8, 4) is 0 Å². The Balaban J connectivity index is 1.58. The maximum atomic E-state index is 11.7. The molecular formula is C17H22N4O2S. The van der Waals surface area contributed by atoms with E-state index >= 15 is 0 Å². The van der Waals surface area contributed by atoms with E-state index in [1.807, 2.05) is 11.6 Å². The van der Waals surface area contributed by atoms with E-state index in [0.29, 0.717) is 18.2 Å². The second-order valence-electron chi connectivity index (χ2n) is 5.91. The maximum Gasteiger partial charge on any atom is 0.357 e. The van der Waals surface area contributed by atoms with Crippen LogP contribution in [0.4, 0.5) is 0 Å². The normalized spacial score (nSPS) is 17.6. The highest BCUT2D eigenvalue weighted by atomic mass is 32.1. The number of carbonyl (C=O) groups is 1. The van der Waals surface area contributed by atoms with E-state index in [1.54, 1.807) is 30.7 Å². The van der Waals surface area contributed by atoms with Gasteiger partial charge < -0.3 is 4.74 Å².